The Labute approximate surface area is 152 Å². The summed E-state index contributed by atoms with van der Waals surface area (Å²) in [6.07, 6.45) is 4.24. The second kappa shape index (κ2) is 7.58. The van der Waals surface area contributed by atoms with Crippen LogP contribution in [0.1, 0.15) is 41.6 Å². The van der Waals surface area contributed by atoms with E-state index in [9.17, 15) is 13.2 Å². The van der Waals surface area contributed by atoms with E-state index >= 15 is 0 Å². The van der Waals surface area contributed by atoms with Crippen LogP contribution in [0, 0.1) is 11.3 Å². The van der Waals surface area contributed by atoms with Crippen molar-refractivity contribution < 1.29 is 13.2 Å². The van der Waals surface area contributed by atoms with Gasteiger partial charge in [-0.15, -0.1) is 0 Å². The Bertz CT molecular complexity index is 923. The van der Waals surface area contributed by atoms with E-state index < -0.39 is 10.0 Å². The number of hydrogen-bond donors (Lipinski definition) is 2. The average Bonchev–Trinajstić information content (AvgIpc) is 3.15. The van der Waals surface area contributed by atoms with Crippen LogP contribution in [0.3, 0.4) is 0 Å². The van der Waals surface area contributed by atoms with Gasteiger partial charge in [-0.1, -0.05) is 12.8 Å². The average molecular weight is 369 g/mol. The molecule has 0 unspecified atom stereocenters. The summed E-state index contributed by atoms with van der Waals surface area (Å²) in [7, 11) is -3.76. The van der Waals surface area contributed by atoms with Crippen LogP contribution in [0.25, 0.3) is 0 Å². The van der Waals surface area contributed by atoms with Gasteiger partial charge in [0.15, 0.2) is 0 Å². The van der Waals surface area contributed by atoms with E-state index in [0.29, 0.717) is 16.8 Å². The van der Waals surface area contributed by atoms with Crippen molar-refractivity contribution >= 4 is 21.6 Å². The van der Waals surface area contributed by atoms with E-state index in [4.69, 9.17) is 5.26 Å². The van der Waals surface area contributed by atoms with Gasteiger partial charge in [0.2, 0.25) is 0 Å². The first-order valence-electron chi connectivity index (χ1n) is 8.42. The van der Waals surface area contributed by atoms with Crippen molar-refractivity contribution in [1.82, 2.24) is 5.32 Å². The topological polar surface area (TPSA) is 99.1 Å². The van der Waals surface area contributed by atoms with Gasteiger partial charge in [0, 0.05) is 17.3 Å². The van der Waals surface area contributed by atoms with E-state index in [0.717, 1.165) is 25.7 Å². The van der Waals surface area contributed by atoms with E-state index in [-0.39, 0.29) is 16.8 Å². The van der Waals surface area contributed by atoms with E-state index in [1.807, 2.05) is 6.07 Å². The van der Waals surface area contributed by atoms with Crippen molar-refractivity contribution in [1.29, 1.82) is 5.26 Å². The number of amides is 1. The molecule has 0 heterocycles. The molecule has 1 fully saturated rings. The predicted octanol–water partition coefficient (Wildman–Crippen LogP) is 3.03. The summed E-state index contributed by atoms with van der Waals surface area (Å²) in [4.78, 5) is 12.3. The highest BCUT2D eigenvalue weighted by Crippen LogP contribution is 2.19. The molecule has 1 aliphatic rings. The largest absolute Gasteiger partial charge is 0.349 e. The van der Waals surface area contributed by atoms with Crippen LogP contribution in [-0.2, 0) is 10.0 Å². The molecule has 0 aliphatic heterocycles. The molecule has 1 saturated carbocycles. The minimum absolute atomic E-state index is 0.0688. The first kappa shape index (κ1) is 18.0. The maximum atomic E-state index is 12.4. The summed E-state index contributed by atoms with van der Waals surface area (Å²) >= 11 is 0. The molecule has 0 atom stereocenters. The fraction of sp³-hybridized carbons (Fsp3) is 0.263. The molecule has 1 amide bonds. The molecule has 3 rings (SSSR count). The van der Waals surface area contributed by atoms with Crippen LogP contribution >= 0.6 is 0 Å². The van der Waals surface area contributed by atoms with Gasteiger partial charge in [0.25, 0.3) is 15.9 Å². The predicted molar refractivity (Wildman–Crippen MR) is 98.1 cm³/mol. The lowest BCUT2D eigenvalue weighted by Gasteiger charge is -2.12. The molecule has 0 aromatic heterocycles. The van der Waals surface area contributed by atoms with E-state index in [1.54, 1.807) is 0 Å². The molecule has 134 valence electrons. The van der Waals surface area contributed by atoms with Gasteiger partial charge in [0.1, 0.15) is 0 Å². The van der Waals surface area contributed by atoms with Crippen molar-refractivity contribution in [2.75, 3.05) is 4.72 Å². The molecule has 2 N–H and O–H groups in total. The number of sulfonamides is 1. The monoisotopic (exact) mass is 369 g/mol. The highest BCUT2D eigenvalue weighted by atomic mass is 32.2. The number of carbonyl (C=O) groups excluding carboxylic acids is 1. The van der Waals surface area contributed by atoms with Gasteiger partial charge in [0.05, 0.1) is 16.5 Å². The van der Waals surface area contributed by atoms with Crippen molar-refractivity contribution in [3.8, 4) is 6.07 Å². The zero-order valence-electron chi connectivity index (χ0n) is 14.1. The molecular weight excluding hydrogens is 350 g/mol. The Morgan fingerprint density at radius 2 is 1.62 bits per heavy atom. The highest BCUT2D eigenvalue weighted by molar-refractivity contribution is 7.92. The first-order valence-corrected chi connectivity index (χ1v) is 9.90. The van der Waals surface area contributed by atoms with Gasteiger partial charge in [-0.2, -0.15) is 5.26 Å². The number of nitrogens with one attached hydrogen (secondary N) is 2. The minimum atomic E-state index is -3.76. The van der Waals surface area contributed by atoms with Crippen LogP contribution < -0.4 is 10.0 Å². The molecule has 7 heteroatoms. The summed E-state index contributed by atoms with van der Waals surface area (Å²) < 4.78 is 27.3. The zero-order chi connectivity index (χ0) is 18.6. The maximum absolute atomic E-state index is 12.4. The van der Waals surface area contributed by atoms with Gasteiger partial charge >= 0.3 is 0 Å². The van der Waals surface area contributed by atoms with Crippen LogP contribution in [0.4, 0.5) is 5.69 Å². The Balaban J connectivity index is 1.69. The lowest BCUT2D eigenvalue weighted by molar-refractivity contribution is 0.0938. The first-order chi connectivity index (χ1) is 12.5. The third-order valence-electron chi connectivity index (χ3n) is 4.38. The number of anilines is 1. The summed E-state index contributed by atoms with van der Waals surface area (Å²) in [5, 5.41) is 11.8. The molecule has 0 bridgehead atoms. The normalized spacial score (nSPS) is 14.6. The van der Waals surface area contributed by atoms with Crippen molar-refractivity contribution in [2.24, 2.45) is 0 Å². The number of rotatable bonds is 5. The Hall–Kier alpha value is -2.85. The molecule has 2 aromatic carbocycles. The third kappa shape index (κ3) is 4.21. The molecular formula is C19H19N3O3S. The van der Waals surface area contributed by atoms with Crippen LogP contribution in [0.5, 0.6) is 0 Å². The van der Waals surface area contributed by atoms with Crippen molar-refractivity contribution in [3.05, 3.63) is 59.7 Å². The summed E-state index contributed by atoms with van der Waals surface area (Å²) in [6.45, 7) is 0. The molecule has 1 aliphatic carbocycles. The second-order valence-corrected chi connectivity index (χ2v) is 7.96. The van der Waals surface area contributed by atoms with Crippen molar-refractivity contribution in [3.63, 3.8) is 0 Å². The number of nitriles is 1. The van der Waals surface area contributed by atoms with Gasteiger partial charge in [-0.05, 0) is 61.4 Å². The summed E-state index contributed by atoms with van der Waals surface area (Å²) in [6, 6.07) is 14.2. The molecule has 2 aromatic rings. The van der Waals surface area contributed by atoms with Gasteiger partial charge in [-0.25, -0.2) is 8.42 Å². The SMILES string of the molecule is N#Cc1ccc(NS(=O)(=O)c2ccc(C(=O)NC3CCCC3)cc2)cc1. The Morgan fingerprint density at radius 3 is 2.19 bits per heavy atom. The van der Waals surface area contributed by atoms with Crippen molar-refractivity contribution in [2.45, 2.75) is 36.6 Å². The molecule has 6 nitrogen and oxygen atoms in total. The minimum Gasteiger partial charge on any atom is -0.349 e. The standard InChI is InChI=1S/C19H19N3O3S/c20-13-14-5-9-17(10-6-14)22-26(24,25)18-11-7-15(8-12-18)19(23)21-16-3-1-2-4-16/h5-12,16,22H,1-4H2,(H,21,23). The lowest BCUT2D eigenvalue weighted by Crippen LogP contribution is -2.32. The molecule has 0 radical (unpaired) electrons. The fourth-order valence-electron chi connectivity index (χ4n) is 2.95. The van der Waals surface area contributed by atoms with Gasteiger partial charge in [-0.3, -0.25) is 9.52 Å². The third-order valence-corrected chi connectivity index (χ3v) is 5.78. The van der Waals surface area contributed by atoms with E-state index in [1.165, 1.54) is 48.5 Å². The van der Waals surface area contributed by atoms with Crippen LogP contribution in [0.15, 0.2) is 53.4 Å². The summed E-state index contributed by atoms with van der Waals surface area (Å²) in [5.41, 5.74) is 1.26. The van der Waals surface area contributed by atoms with E-state index in [2.05, 4.69) is 10.0 Å². The Kier molecular flexibility index (Phi) is 5.24. The molecule has 0 spiro atoms. The quantitative estimate of drug-likeness (QED) is 0.846. The van der Waals surface area contributed by atoms with Crippen LogP contribution in [-0.4, -0.2) is 20.4 Å². The number of benzene rings is 2. The Morgan fingerprint density at radius 1 is 1.00 bits per heavy atom. The zero-order valence-corrected chi connectivity index (χ0v) is 14.9. The number of nitrogens with zero attached hydrogens (tertiary/aromatic N) is 1. The summed E-state index contributed by atoms with van der Waals surface area (Å²) in [5.74, 6) is -0.180. The molecule has 0 saturated heterocycles. The fourth-order valence-corrected chi connectivity index (χ4v) is 4.01. The second-order valence-electron chi connectivity index (χ2n) is 6.27. The number of carbonyl (C=O) groups is 1. The number of hydrogen-bond acceptors (Lipinski definition) is 4. The van der Waals surface area contributed by atoms with Gasteiger partial charge < -0.3 is 5.32 Å². The highest BCUT2D eigenvalue weighted by Gasteiger charge is 2.19. The van der Waals surface area contributed by atoms with Crippen LogP contribution in [0.2, 0.25) is 0 Å². The molecule has 26 heavy (non-hydrogen) atoms. The maximum Gasteiger partial charge on any atom is 0.261 e. The lowest BCUT2D eigenvalue weighted by atomic mass is 10.2. The smallest absolute Gasteiger partial charge is 0.261 e.